The van der Waals surface area contributed by atoms with E-state index in [0.29, 0.717) is 0 Å². The molecule has 0 radical (unpaired) electrons. The van der Waals surface area contributed by atoms with Crippen molar-refractivity contribution in [3.8, 4) is 0 Å². The maximum atomic E-state index is 5.79. The monoisotopic (exact) mass is 286 g/mol. The first-order valence-corrected chi connectivity index (χ1v) is 7.46. The van der Waals surface area contributed by atoms with E-state index in [1.807, 2.05) is 11.7 Å². The molecule has 1 aromatic heterocycles. The third kappa shape index (κ3) is 3.34. The summed E-state index contributed by atoms with van der Waals surface area (Å²) in [6.07, 6.45) is 0.925. The van der Waals surface area contributed by atoms with Crippen LogP contribution in [-0.2, 0) is 18.9 Å². The zero-order valence-corrected chi connectivity index (χ0v) is 13.6. The van der Waals surface area contributed by atoms with Crippen LogP contribution in [-0.4, -0.2) is 9.78 Å². The van der Waals surface area contributed by atoms with Crippen LogP contribution in [0.25, 0.3) is 0 Å². The van der Waals surface area contributed by atoms with Gasteiger partial charge in [-0.3, -0.25) is 10.5 Å². The highest BCUT2D eigenvalue weighted by Gasteiger charge is 2.19. The predicted molar refractivity (Wildman–Crippen MR) is 86.9 cm³/mol. The molecule has 0 aliphatic heterocycles. The highest BCUT2D eigenvalue weighted by atomic mass is 15.3. The first-order chi connectivity index (χ1) is 9.86. The molecule has 2 aromatic rings. The summed E-state index contributed by atoms with van der Waals surface area (Å²) >= 11 is 0. The summed E-state index contributed by atoms with van der Waals surface area (Å²) in [5.41, 5.74) is 7.70. The average Bonchev–Trinajstić information content (AvgIpc) is 2.81. The van der Waals surface area contributed by atoms with Gasteiger partial charge >= 0.3 is 0 Å². The standard InChI is InChI=1S/C17H26N4/c1-6-14-11-15(21(5)20-14)16(19-18)12-7-9-13(10-8-12)17(2,3)4/h7-11,16,19H,6,18H2,1-5H3. The molecular formula is C17H26N4. The number of aromatic nitrogens is 2. The van der Waals surface area contributed by atoms with Crippen LogP contribution in [0.5, 0.6) is 0 Å². The van der Waals surface area contributed by atoms with E-state index in [0.717, 1.165) is 23.4 Å². The molecule has 4 heteroatoms. The third-order valence-corrected chi connectivity index (χ3v) is 3.90. The molecule has 0 saturated carbocycles. The van der Waals surface area contributed by atoms with Gasteiger partial charge in [0.1, 0.15) is 0 Å². The van der Waals surface area contributed by atoms with Crippen molar-refractivity contribution in [2.45, 2.75) is 45.6 Å². The lowest BCUT2D eigenvalue weighted by Crippen LogP contribution is -2.30. The van der Waals surface area contributed by atoms with Gasteiger partial charge in [0.05, 0.1) is 17.4 Å². The van der Waals surface area contributed by atoms with Crippen molar-refractivity contribution in [3.05, 3.63) is 52.8 Å². The first kappa shape index (κ1) is 15.7. The summed E-state index contributed by atoms with van der Waals surface area (Å²) in [5.74, 6) is 5.79. The molecule has 0 aliphatic rings. The van der Waals surface area contributed by atoms with Crippen LogP contribution in [0.15, 0.2) is 30.3 Å². The Hall–Kier alpha value is -1.65. The van der Waals surface area contributed by atoms with Crippen molar-refractivity contribution < 1.29 is 0 Å². The molecular weight excluding hydrogens is 260 g/mol. The van der Waals surface area contributed by atoms with E-state index in [2.05, 4.69) is 68.6 Å². The van der Waals surface area contributed by atoms with Crippen LogP contribution >= 0.6 is 0 Å². The number of nitrogens with two attached hydrogens (primary N) is 1. The van der Waals surface area contributed by atoms with Gasteiger partial charge in [0.15, 0.2) is 0 Å². The van der Waals surface area contributed by atoms with E-state index in [-0.39, 0.29) is 11.5 Å². The van der Waals surface area contributed by atoms with Gasteiger partial charge in [-0.1, -0.05) is 52.0 Å². The topological polar surface area (TPSA) is 55.9 Å². The van der Waals surface area contributed by atoms with Crippen molar-refractivity contribution in [2.75, 3.05) is 0 Å². The van der Waals surface area contributed by atoms with E-state index in [9.17, 15) is 0 Å². The van der Waals surface area contributed by atoms with Gasteiger partial charge < -0.3 is 0 Å². The largest absolute Gasteiger partial charge is 0.271 e. The summed E-state index contributed by atoms with van der Waals surface area (Å²) in [4.78, 5) is 0. The van der Waals surface area contributed by atoms with E-state index in [4.69, 9.17) is 5.84 Å². The Labute approximate surface area is 127 Å². The minimum atomic E-state index is -0.0446. The third-order valence-electron chi connectivity index (χ3n) is 3.90. The molecule has 4 nitrogen and oxygen atoms in total. The van der Waals surface area contributed by atoms with E-state index < -0.39 is 0 Å². The van der Waals surface area contributed by atoms with Gasteiger partial charge in [-0.15, -0.1) is 0 Å². The van der Waals surface area contributed by atoms with Crippen LogP contribution in [0.3, 0.4) is 0 Å². The number of hydrogen-bond donors (Lipinski definition) is 2. The zero-order chi connectivity index (χ0) is 15.6. The summed E-state index contributed by atoms with van der Waals surface area (Å²) in [6, 6.07) is 10.7. The Morgan fingerprint density at radius 2 is 1.86 bits per heavy atom. The molecule has 1 aromatic carbocycles. The van der Waals surface area contributed by atoms with Crippen molar-refractivity contribution >= 4 is 0 Å². The quantitative estimate of drug-likeness (QED) is 0.671. The molecule has 0 saturated heterocycles. The fourth-order valence-corrected chi connectivity index (χ4v) is 2.51. The minimum Gasteiger partial charge on any atom is -0.271 e. The molecule has 21 heavy (non-hydrogen) atoms. The molecule has 0 aliphatic carbocycles. The Morgan fingerprint density at radius 1 is 1.24 bits per heavy atom. The maximum Gasteiger partial charge on any atom is 0.0878 e. The molecule has 0 fully saturated rings. The first-order valence-electron chi connectivity index (χ1n) is 7.46. The Kier molecular flexibility index (Phi) is 4.49. The number of aryl methyl sites for hydroxylation is 2. The molecule has 0 amide bonds. The number of hydrazine groups is 1. The molecule has 3 N–H and O–H groups in total. The highest BCUT2D eigenvalue weighted by molar-refractivity contribution is 5.33. The number of nitrogens with zero attached hydrogens (tertiary/aromatic N) is 2. The van der Waals surface area contributed by atoms with E-state index >= 15 is 0 Å². The van der Waals surface area contributed by atoms with Crippen LogP contribution in [0.4, 0.5) is 0 Å². The number of nitrogens with one attached hydrogen (secondary N) is 1. The normalized spacial score (nSPS) is 13.4. The zero-order valence-electron chi connectivity index (χ0n) is 13.6. The second-order valence-electron chi connectivity index (χ2n) is 6.51. The summed E-state index contributed by atoms with van der Waals surface area (Å²) < 4.78 is 1.90. The Bertz CT molecular complexity index is 590. The molecule has 1 atom stereocenters. The fraction of sp³-hybridized carbons (Fsp3) is 0.471. The van der Waals surface area contributed by atoms with Gasteiger partial charge in [-0.2, -0.15) is 5.10 Å². The lowest BCUT2D eigenvalue weighted by Gasteiger charge is -2.21. The van der Waals surface area contributed by atoms with Crippen molar-refractivity contribution in [2.24, 2.45) is 12.9 Å². The molecule has 0 spiro atoms. The van der Waals surface area contributed by atoms with Gasteiger partial charge in [0.2, 0.25) is 0 Å². The lowest BCUT2D eigenvalue weighted by molar-refractivity contribution is 0.569. The van der Waals surface area contributed by atoms with E-state index in [1.165, 1.54) is 5.56 Å². The van der Waals surface area contributed by atoms with Crippen molar-refractivity contribution in [3.63, 3.8) is 0 Å². The predicted octanol–water partition coefficient (Wildman–Crippen LogP) is 2.83. The summed E-state index contributed by atoms with van der Waals surface area (Å²) in [6.45, 7) is 8.76. The smallest absolute Gasteiger partial charge is 0.0878 e. The summed E-state index contributed by atoms with van der Waals surface area (Å²) in [7, 11) is 1.96. The van der Waals surface area contributed by atoms with Gasteiger partial charge in [-0.05, 0) is 29.0 Å². The van der Waals surface area contributed by atoms with Crippen LogP contribution in [0.1, 0.15) is 56.3 Å². The molecule has 2 rings (SSSR count). The summed E-state index contributed by atoms with van der Waals surface area (Å²) in [5, 5.41) is 4.50. The van der Waals surface area contributed by atoms with Crippen LogP contribution in [0.2, 0.25) is 0 Å². The SMILES string of the molecule is CCc1cc(C(NN)c2ccc(C(C)(C)C)cc2)n(C)n1. The average molecular weight is 286 g/mol. The van der Waals surface area contributed by atoms with Gasteiger partial charge in [-0.25, -0.2) is 5.43 Å². The number of benzene rings is 1. The Morgan fingerprint density at radius 3 is 2.29 bits per heavy atom. The molecule has 0 bridgehead atoms. The number of rotatable bonds is 4. The second kappa shape index (κ2) is 6.00. The molecule has 114 valence electrons. The lowest BCUT2D eigenvalue weighted by atomic mass is 9.86. The second-order valence-corrected chi connectivity index (χ2v) is 6.51. The van der Waals surface area contributed by atoms with Crippen molar-refractivity contribution in [1.82, 2.24) is 15.2 Å². The maximum absolute atomic E-state index is 5.79. The van der Waals surface area contributed by atoms with Crippen LogP contribution < -0.4 is 11.3 Å². The highest BCUT2D eigenvalue weighted by Crippen LogP contribution is 2.26. The Balaban J connectivity index is 2.35. The van der Waals surface area contributed by atoms with Gasteiger partial charge in [0.25, 0.3) is 0 Å². The van der Waals surface area contributed by atoms with E-state index in [1.54, 1.807) is 0 Å². The minimum absolute atomic E-state index is 0.0446. The van der Waals surface area contributed by atoms with Crippen LogP contribution in [0, 0.1) is 0 Å². The van der Waals surface area contributed by atoms with Crippen molar-refractivity contribution in [1.29, 1.82) is 0 Å². The molecule has 1 heterocycles. The molecule has 1 unspecified atom stereocenters. The van der Waals surface area contributed by atoms with Gasteiger partial charge in [0, 0.05) is 7.05 Å². The fourth-order valence-electron chi connectivity index (χ4n) is 2.51. The number of hydrogen-bond acceptors (Lipinski definition) is 3.